The highest BCUT2D eigenvalue weighted by molar-refractivity contribution is 9.09. The van der Waals surface area contributed by atoms with Crippen molar-refractivity contribution in [3.63, 3.8) is 0 Å². The highest BCUT2D eigenvalue weighted by Gasteiger charge is 1.97. The number of hydrogen-bond donors (Lipinski definition) is 0. The molecule has 27 heavy (non-hydrogen) atoms. The van der Waals surface area contributed by atoms with Crippen molar-refractivity contribution in [3.05, 3.63) is 54.3 Å². The SMILES string of the molecule is Fc1ccc(N=Nc2ccc(OCCCCCCCCCCBr)cc2)cc1. The summed E-state index contributed by atoms with van der Waals surface area (Å²) in [5, 5.41) is 9.37. The van der Waals surface area contributed by atoms with Crippen LogP contribution in [0.2, 0.25) is 0 Å². The van der Waals surface area contributed by atoms with Crippen LogP contribution in [0, 0.1) is 5.82 Å². The molecule has 2 rings (SSSR count). The van der Waals surface area contributed by atoms with Crippen molar-refractivity contribution in [2.45, 2.75) is 51.4 Å². The molecule has 5 heteroatoms. The lowest BCUT2D eigenvalue weighted by molar-refractivity contribution is 0.304. The molecule has 0 unspecified atom stereocenters. The summed E-state index contributed by atoms with van der Waals surface area (Å²) >= 11 is 3.47. The first-order valence-electron chi connectivity index (χ1n) is 9.74. The first-order valence-corrected chi connectivity index (χ1v) is 10.9. The quantitative estimate of drug-likeness (QED) is 0.178. The number of azo groups is 1. The molecule has 2 aromatic carbocycles. The van der Waals surface area contributed by atoms with Gasteiger partial charge in [-0.25, -0.2) is 4.39 Å². The summed E-state index contributed by atoms with van der Waals surface area (Å²) in [6, 6.07) is 13.5. The molecule has 0 saturated carbocycles. The Morgan fingerprint density at radius 1 is 0.667 bits per heavy atom. The third-order valence-corrected chi connectivity index (χ3v) is 4.80. The zero-order chi connectivity index (χ0) is 19.2. The summed E-state index contributed by atoms with van der Waals surface area (Å²) in [5.41, 5.74) is 1.37. The molecule has 0 aliphatic rings. The minimum Gasteiger partial charge on any atom is -0.494 e. The topological polar surface area (TPSA) is 34.0 Å². The van der Waals surface area contributed by atoms with Crippen molar-refractivity contribution >= 4 is 27.3 Å². The molecule has 0 N–H and O–H groups in total. The number of unbranched alkanes of at least 4 members (excludes halogenated alkanes) is 7. The Bertz CT molecular complexity index is 659. The number of halogens is 2. The zero-order valence-electron chi connectivity index (χ0n) is 15.7. The fourth-order valence-electron chi connectivity index (χ4n) is 2.68. The van der Waals surface area contributed by atoms with E-state index in [1.807, 2.05) is 24.3 Å². The van der Waals surface area contributed by atoms with Crippen LogP contribution in [0.3, 0.4) is 0 Å². The van der Waals surface area contributed by atoms with Crippen molar-refractivity contribution in [1.29, 1.82) is 0 Å². The van der Waals surface area contributed by atoms with Crippen molar-refractivity contribution < 1.29 is 9.13 Å². The van der Waals surface area contributed by atoms with Gasteiger partial charge < -0.3 is 4.74 Å². The van der Waals surface area contributed by atoms with Gasteiger partial charge in [0.25, 0.3) is 0 Å². The second kappa shape index (κ2) is 13.4. The van der Waals surface area contributed by atoms with Gasteiger partial charge >= 0.3 is 0 Å². The molecule has 0 amide bonds. The minimum absolute atomic E-state index is 0.277. The maximum atomic E-state index is 12.9. The van der Waals surface area contributed by atoms with Gasteiger partial charge in [-0.15, -0.1) is 0 Å². The monoisotopic (exact) mass is 434 g/mol. The van der Waals surface area contributed by atoms with Crippen molar-refractivity contribution in [3.8, 4) is 5.75 Å². The summed E-state index contributed by atoms with van der Waals surface area (Å²) in [6.07, 6.45) is 10.3. The molecule has 0 atom stereocenters. The maximum absolute atomic E-state index is 12.9. The van der Waals surface area contributed by atoms with Crippen LogP contribution in [0.1, 0.15) is 51.4 Å². The lowest BCUT2D eigenvalue weighted by Crippen LogP contribution is -1.96. The van der Waals surface area contributed by atoms with E-state index in [-0.39, 0.29) is 5.82 Å². The molecule has 0 heterocycles. The third-order valence-electron chi connectivity index (χ3n) is 4.24. The normalized spacial score (nSPS) is 11.2. The lowest BCUT2D eigenvalue weighted by Gasteiger charge is -2.06. The van der Waals surface area contributed by atoms with Crippen LogP contribution < -0.4 is 4.74 Å². The Morgan fingerprint density at radius 2 is 1.15 bits per heavy atom. The van der Waals surface area contributed by atoms with Crippen LogP contribution in [-0.2, 0) is 0 Å². The van der Waals surface area contributed by atoms with Gasteiger partial charge in [0.05, 0.1) is 18.0 Å². The highest BCUT2D eigenvalue weighted by atomic mass is 79.9. The lowest BCUT2D eigenvalue weighted by atomic mass is 10.1. The number of ether oxygens (including phenoxy) is 1. The van der Waals surface area contributed by atoms with Crippen LogP contribution >= 0.6 is 15.9 Å². The minimum atomic E-state index is -0.277. The van der Waals surface area contributed by atoms with E-state index in [2.05, 4.69) is 26.2 Å². The van der Waals surface area contributed by atoms with Crippen molar-refractivity contribution in [2.75, 3.05) is 11.9 Å². The summed E-state index contributed by atoms with van der Waals surface area (Å²) in [5.74, 6) is 0.575. The summed E-state index contributed by atoms with van der Waals surface area (Å²) in [4.78, 5) is 0. The fraction of sp³-hybridized carbons (Fsp3) is 0.455. The van der Waals surface area contributed by atoms with Crippen molar-refractivity contribution in [1.82, 2.24) is 0 Å². The molecule has 2 aromatic rings. The number of rotatable bonds is 13. The molecule has 3 nitrogen and oxygen atoms in total. The van der Waals surface area contributed by atoms with Gasteiger partial charge in [-0.1, -0.05) is 54.5 Å². The second-order valence-electron chi connectivity index (χ2n) is 6.54. The molecule has 0 spiro atoms. The summed E-state index contributed by atoms with van der Waals surface area (Å²) in [6.45, 7) is 0.750. The first-order chi connectivity index (χ1) is 13.3. The van der Waals surface area contributed by atoms with E-state index in [1.54, 1.807) is 12.1 Å². The van der Waals surface area contributed by atoms with Crippen LogP contribution in [0.25, 0.3) is 0 Å². The van der Waals surface area contributed by atoms with E-state index in [0.717, 1.165) is 29.8 Å². The molecule has 0 radical (unpaired) electrons. The van der Waals surface area contributed by atoms with Crippen molar-refractivity contribution in [2.24, 2.45) is 10.2 Å². The summed E-state index contributed by atoms with van der Waals surface area (Å²) in [7, 11) is 0. The van der Waals surface area contributed by atoms with E-state index in [9.17, 15) is 4.39 Å². The number of hydrogen-bond acceptors (Lipinski definition) is 3. The van der Waals surface area contributed by atoms with Gasteiger partial charge in [0, 0.05) is 5.33 Å². The van der Waals surface area contributed by atoms with Crippen LogP contribution in [0.5, 0.6) is 5.75 Å². The van der Waals surface area contributed by atoms with Gasteiger partial charge in [0.1, 0.15) is 11.6 Å². The standard InChI is InChI=1S/C22H28BrFN2O/c23-17-7-5-3-1-2-4-6-8-18-27-22-15-13-21(14-16-22)26-25-20-11-9-19(24)10-12-20/h9-16H,1-8,17-18H2. The Balaban J connectivity index is 1.58. The second-order valence-corrected chi connectivity index (χ2v) is 7.33. The van der Waals surface area contributed by atoms with Gasteiger partial charge in [0.15, 0.2) is 0 Å². The maximum Gasteiger partial charge on any atom is 0.123 e. The molecule has 0 saturated heterocycles. The Hall–Kier alpha value is -1.75. The number of benzene rings is 2. The van der Waals surface area contributed by atoms with E-state index in [4.69, 9.17) is 4.74 Å². The number of nitrogens with zero attached hydrogens (tertiary/aromatic N) is 2. The molecule has 0 bridgehead atoms. The molecular formula is C22H28BrFN2O. The molecule has 0 fully saturated rings. The van der Waals surface area contributed by atoms with Gasteiger partial charge in [-0.3, -0.25) is 0 Å². The van der Waals surface area contributed by atoms with E-state index in [0.29, 0.717) is 5.69 Å². The van der Waals surface area contributed by atoms with Gasteiger partial charge in [0.2, 0.25) is 0 Å². The van der Waals surface area contributed by atoms with Crippen LogP contribution in [0.15, 0.2) is 58.8 Å². The Kier molecular flexibility index (Phi) is 10.7. The molecule has 146 valence electrons. The first kappa shape index (κ1) is 21.5. The zero-order valence-corrected chi connectivity index (χ0v) is 17.3. The van der Waals surface area contributed by atoms with E-state index in [1.165, 1.54) is 57.1 Å². The highest BCUT2D eigenvalue weighted by Crippen LogP contribution is 2.21. The largest absolute Gasteiger partial charge is 0.494 e. The molecule has 0 aliphatic carbocycles. The predicted octanol–water partition coefficient (Wildman–Crippen LogP) is 8.14. The van der Waals surface area contributed by atoms with E-state index >= 15 is 0 Å². The van der Waals surface area contributed by atoms with Gasteiger partial charge in [-0.05, 0) is 61.4 Å². The summed E-state index contributed by atoms with van der Waals surface area (Å²) < 4.78 is 18.6. The average molecular weight is 435 g/mol. The Labute approximate surface area is 170 Å². The number of alkyl halides is 1. The van der Waals surface area contributed by atoms with Gasteiger partial charge in [-0.2, -0.15) is 10.2 Å². The Morgan fingerprint density at radius 3 is 1.70 bits per heavy atom. The average Bonchev–Trinajstić information content (AvgIpc) is 2.70. The third kappa shape index (κ3) is 9.66. The molecule has 0 aliphatic heterocycles. The molecular weight excluding hydrogens is 407 g/mol. The van der Waals surface area contributed by atoms with E-state index < -0.39 is 0 Å². The fourth-order valence-corrected chi connectivity index (χ4v) is 3.08. The smallest absolute Gasteiger partial charge is 0.123 e. The molecule has 0 aromatic heterocycles. The van der Waals surface area contributed by atoms with Crippen LogP contribution in [-0.4, -0.2) is 11.9 Å². The predicted molar refractivity (Wildman–Crippen MR) is 113 cm³/mol. The van der Waals surface area contributed by atoms with Crippen LogP contribution in [0.4, 0.5) is 15.8 Å².